The number of aromatic nitrogens is 2. The van der Waals surface area contributed by atoms with Crippen molar-refractivity contribution in [3.8, 4) is 0 Å². The van der Waals surface area contributed by atoms with Crippen LogP contribution < -0.4 is 27.2 Å². The minimum atomic E-state index is -4.82. The second kappa shape index (κ2) is 10.3. The SMILES string of the molecule is Cc1c(N2CCNCC2)c(=O)n(C[C@H](N)c2ccccc2)c(=O)n1Cc1c(F)cccc1C(F)(F)F. The van der Waals surface area contributed by atoms with Gasteiger partial charge >= 0.3 is 11.9 Å². The summed E-state index contributed by atoms with van der Waals surface area (Å²) in [5.74, 6) is -1.08. The lowest BCUT2D eigenvalue weighted by molar-refractivity contribution is -0.138. The van der Waals surface area contributed by atoms with Gasteiger partial charge in [-0.1, -0.05) is 36.4 Å². The van der Waals surface area contributed by atoms with Gasteiger partial charge in [-0.3, -0.25) is 13.9 Å². The number of alkyl halides is 3. The van der Waals surface area contributed by atoms with Gasteiger partial charge < -0.3 is 16.0 Å². The van der Waals surface area contributed by atoms with E-state index in [0.717, 1.165) is 27.3 Å². The van der Waals surface area contributed by atoms with E-state index < -0.39 is 47.0 Å². The Morgan fingerprint density at radius 1 is 1.00 bits per heavy atom. The van der Waals surface area contributed by atoms with Crippen molar-refractivity contribution in [1.29, 1.82) is 0 Å². The van der Waals surface area contributed by atoms with Gasteiger partial charge in [-0.2, -0.15) is 13.2 Å². The van der Waals surface area contributed by atoms with E-state index in [1.54, 1.807) is 35.2 Å². The van der Waals surface area contributed by atoms with Crippen LogP contribution in [0.4, 0.5) is 23.2 Å². The first-order chi connectivity index (χ1) is 17.1. The van der Waals surface area contributed by atoms with Crippen LogP contribution in [0.1, 0.15) is 28.4 Å². The summed E-state index contributed by atoms with van der Waals surface area (Å²) in [6, 6.07) is 10.8. The molecule has 2 heterocycles. The molecule has 0 unspecified atom stereocenters. The smallest absolute Gasteiger partial charge is 0.363 e. The number of anilines is 1. The van der Waals surface area contributed by atoms with Crippen LogP contribution in [0.3, 0.4) is 0 Å². The van der Waals surface area contributed by atoms with Crippen LogP contribution in [0.5, 0.6) is 0 Å². The Morgan fingerprint density at radius 2 is 1.67 bits per heavy atom. The first-order valence-electron chi connectivity index (χ1n) is 11.5. The quantitative estimate of drug-likeness (QED) is 0.504. The molecule has 0 aliphatic carbocycles. The lowest BCUT2D eigenvalue weighted by Gasteiger charge is -2.31. The van der Waals surface area contributed by atoms with Gasteiger partial charge in [-0.25, -0.2) is 9.18 Å². The molecule has 1 aliphatic rings. The van der Waals surface area contributed by atoms with Crippen LogP contribution in [0.25, 0.3) is 0 Å². The Bertz CT molecular complexity index is 1350. The Kier molecular flexibility index (Phi) is 7.32. The number of hydrogen-bond acceptors (Lipinski definition) is 5. The van der Waals surface area contributed by atoms with Crippen LogP contribution in [-0.4, -0.2) is 35.3 Å². The molecule has 36 heavy (non-hydrogen) atoms. The molecular weight excluding hydrogens is 478 g/mol. The van der Waals surface area contributed by atoms with Crippen molar-refractivity contribution in [3.63, 3.8) is 0 Å². The molecule has 0 amide bonds. The molecule has 1 fully saturated rings. The second-order valence-corrected chi connectivity index (χ2v) is 8.74. The van der Waals surface area contributed by atoms with E-state index >= 15 is 0 Å². The average Bonchev–Trinajstić information content (AvgIpc) is 2.85. The summed E-state index contributed by atoms with van der Waals surface area (Å²) in [4.78, 5) is 28.9. The molecule has 0 saturated carbocycles. The third-order valence-corrected chi connectivity index (χ3v) is 6.44. The van der Waals surface area contributed by atoms with Gasteiger partial charge in [0.15, 0.2) is 0 Å². The number of nitrogens with two attached hydrogens (primary N) is 1. The number of nitrogens with zero attached hydrogens (tertiary/aromatic N) is 3. The second-order valence-electron chi connectivity index (χ2n) is 8.74. The Morgan fingerprint density at radius 3 is 2.31 bits per heavy atom. The van der Waals surface area contributed by atoms with Gasteiger partial charge in [-0.15, -0.1) is 0 Å². The average molecular weight is 506 g/mol. The molecule has 0 spiro atoms. The van der Waals surface area contributed by atoms with Crippen molar-refractivity contribution in [3.05, 3.63) is 97.6 Å². The molecule has 1 atom stereocenters. The first-order valence-corrected chi connectivity index (χ1v) is 11.5. The largest absolute Gasteiger partial charge is 0.416 e. The van der Waals surface area contributed by atoms with E-state index in [2.05, 4.69) is 5.32 Å². The highest BCUT2D eigenvalue weighted by Crippen LogP contribution is 2.33. The molecule has 0 bridgehead atoms. The summed E-state index contributed by atoms with van der Waals surface area (Å²) in [5, 5.41) is 3.18. The van der Waals surface area contributed by atoms with Crippen LogP contribution in [0, 0.1) is 12.7 Å². The standard InChI is InChI=1S/C25H27F4N5O2/c1-16-22(32-12-10-31-11-13-32)23(35)34(15-21(30)17-6-3-2-4-7-17)24(36)33(16)14-18-19(25(27,28)29)8-5-9-20(18)26/h2-9,21,31H,10-15,30H2,1H3/t21-/m0/s1. The fraction of sp³-hybridized carbons (Fsp3) is 0.360. The maximum Gasteiger partial charge on any atom is 0.416 e. The van der Waals surface area contributed by atoms with Crippen molar-refractivity contribution in [2.24, 2.45) is 5.73 Å². The minimum absolute atomic E-state index is 0.174. The molecule has 11 heteroatoms. The number of nitrogens with one attached hydrogen (secondary N) is 1. The van der Waals surface area contributed by atoms with E-state index in [9.17, 15) is 27.2 Å². The Balaban J connectivity index is 1.89. The summed E-state index contributed by atoms with van der Waals surface area (Å²) in [6.07, 6.45) is -4.82. The molecule has 1 saturated heterocycles. The summed E-state index contributed by atoms with van der Waals surface area (Å²) in [6.45, 7) is 2.73. The monoisotopic (exact) mass is 505 g/mol. The fourth-order valence-corrected chi connectivity index (χ4v) is 4.53. The molecular formula is C25H27F4N5O2. The van der Waals surface area contributed by atoms with Crippen molar-refractivity contribution in [2.75, 3.05) is 31.1 Å². The summed E-state index contributed by atoms with van der Waals surface area (Å²) >= 11 is 0. The third-order valence-electron chi connectivity index (χ3n) is 6.44. The minimum Gasteiger partial charge on any atom is -0.363 e. The number of halogens is 4. The molecule has 7 nitrogen and oxygen atoms in total. The maximum atomic E-state index is 14.7. The highest BCUT2D eigenvalue weighted by molar-refractivity contribution is 5.50. The molecule has 4 rings (SSSR count). The predicted octanol–water partition coefficient (Wildman–Crippen LogP) is 2.63. The molecule has 1 aromatic heterocycles. The van der Waals surface area contributed by atoms with Crippen molar-refractivity contribution >= 4 is 5.69 Å². The normalized spacial score (nSPS) is 15.2. The van der Waals surface area contributed by atoms with E-state index in [-0.39, 0.29) is 17.9 Å². The van der Waals surface area contributed by atoms with E-state index in [4.69, 9.17) is 5.73 Å². The zero-order valence-corrected chi connectivity index (χ0v) is 19.7. The topological polar surface area (TPSA) is 85.3 Å². The van der Waals surface area contributed by atoms with Crippen molar-refractivity contribution in [1.82, 2.24) is 14.5 Å². The fourth-order valence-electron chi connectivity index (χ4n) is 4.53. The van der Waals surface area contributed by atoms with E-state index in [1.807, 2.05) is 0 Å². The highest BCUT2D eigenvalue weighted by atomic mass is 19.4. The number of benzene rings is 2. The van der Waals surface area contributed by atoms with Gasteiger partial charge in [0, 0.05) is 43.5 Å². The highest BCUT2D eigenvalue weighted by Gasteiger charge is 2.35. The first kappa shape index (κ1) is 25.6. The summed E-state index contributed by atoms with van der Waals surface area (Å²) < 4.78 is 57.6. The van der Waals surface area contributed by atoms with Gasteiger partial charge in [0.05, 0.1) is 18.7 Å². The third kappa shape index (κ3) is 5.07. The summed E-state index contributed by atoms with van der Waals surface area (Å²) in [5.41, 5.74) is 4.09. The molecule has 3 aromatic rings. The molecule has 2 aromatic carbocycles. The molecule has 1 aliphatic heterocycles. The van der Waals surface area contributed by atoms with Gasteiger partial charge in [-0.05, 0) is 24.6 Å². The van der Waals surface area contributed by atoms with Crippen LogP contribution in [0.15, 0.2) is 58.1 Å². The van der Waals surface area contributed by atoms with E-state index in [0.29, 0.717) is 31.7 Å². The predicted molar refractivity (Wildman–Crippen MR) is 129 cm³/mol. The number of hydrogen-bond donors (Lipinski definition) is 2. The molecule has 3 N–H and O–H groups in total. The zero-order valence-electron chi connectivity index (χ0n) is 19.7. The number of piperazine rings is 1. The van der Waals surface area contributed by atoms with Crippen molar-refractivity contribution in [2.45, 2.75) is 32.2 Å². The van der Waals surface area contributed by atoms with E-state index in [1.165, 1.54) is 6.92 Å². The molecule has 0 radical (unpaired) electrons. The van der Waals surface area contributed by atoms with Crippen LogP contribution in [0.2, 0.25) is 0 Å². The zero-order chi connectivity index (χ0) is 26.0. The maximum absolute atomic E-state index is 14.7. The lowest BCUT2D eigenvalue weighted by Crippen LogP contribution is -2.50. The van der Waals surface area contributed by atoms with Gasteiger partial charge in [0.1, 0.15) is 11.5 Å². The Labute approximate surface area is 204 Å². The lowest BCUT2D eigenvalue weighted by atomic mass is 10.1. The summed E-state index contributed by atoms with van der Waals surface area (Å²) in [7, 11) is 0. The van der Waals surface area contributed by atoms with Crippen LogP contribution in [-0.2, 0) is 19.3 Å². The van der Waals surface area contributed by atoms with Crippen LogP contribution >= 0.6 is 0 Å². The van der Waals surface area contributed by atoms with Gasteiger partial charge in [0.25, 0.3) is 5.56 Å². The number of rotatable bonds is 6. The van der Waals surface area contributed by atoms with Crippen molar-refractivity contribution < 1.29 is 17.6 Å². The van der Waals surface area contributed by atoms with Gasteiger partial charge in [0.2, 0.25) is 0 Å². The molecule has 192 valence electrons. The Hall–Kier alpha value is -3.44.